The van der Waals surface area contributed by atoms with Crippen molar-refractivity contribution in [3.05, 3.63) is 60.7 Å². The number of hydrogen-bond acceptors (Lipinski definition) is 8. The molecular weight excluding hydrogens is 552 g/mol. The number of anilines is 2. The summed E-state index contributed by atoms with van der Waals surface area (Å²) in [7, 11) is -3.59. The molecule has 1 aromatic heterocycles. The average Bonchev–Trinajstić information content (AvgIpc) is 2.96. The van der Waals surface area contributed by atoms with Gasteiger partial charge in [0, 0.05) is 31.6 Å². The van der Waals surface area contributed by atoms with Crippen LogP contribution < -0.4 is 20.7 Å². The first-order valence-electron chi connectivity index (χ1n) is 14.5. The second-order valence-corrected chi connectivity index (χ2v) is 13.4. The standard InChI is InChI=1S/C31H42N6O4S/c1-5-24-10-6-9-13-27(24)42(39,40)35-21-23-16-14-22(15-17-23)20-34-29-36-26-12-8-7-11-25(26)28(37-29)32-18-19-33-30(38)41-31(2,3)4/h5-13,22-23,35H,1,14-21H2,2-4H3,(H,33,38)(H2,32,34,36,37). The van der Waals surface area contributed by atoms with Gasteiger partial charge in [0.05, 0.1) is 10.4 Å². The van der Waals surface area contributed by atoms with E-state index in [1.165, 1.54) is 0 Å². The number of hydrogen-bond donors (Lipinski definition) is 4. The molecular formula is C31H42N6O4S. The Morgan fingerprint density at radius 2 is 1.62 bits per heavy atom. The van der Waals surface area contributed by atoms with Gasteiger partial charge in [0.25, 0.3) is 0 Å². The van der Waals surface area contributed by atoms with Crippen LogP contribution >= 0.6 is 0 Å². The van der Waals surface area contributed by atoms with Gasteiger partial charge in [0.1, 0.15) is 11.4 Å². The predicted molar refractivity (Wildman–Crippen MR) is 168 cm³/mol. The van der Waals surface area contributed by atoms with Crippen LogP contribution in [0.3, 0.4) is 0 Å². The van der Waals surface area contributed by atoms with E-state index in [1.54, 1.807) is 30.3 Å². The Bertz CT molecular complexity index is 1480. The lowest BCUT2D eigenvalue weighted by Crippen LogP contribution is -2.35. The van der Waals surface area contributed by atoms with Gasteiger partial charge in [-0.3, -0.25) is 0 Å². The molecule has 1 aliphatic carbocycles. The lowest BCUT2D eigenvalue weighted by Gasteiger charge is -2.28. The smallest absolute Gasteiger partial charge is 0.407 e. The zero-order valence-corrected chi connectivity index (χ0v) is 25.5. The van der Waals surface area contributed by atoms with Crippen molar-refractivity contribution in [3.8, 4) is 0 Å². The van der Waals surface area contributed by atoms with Gasteiger partial charge < -0.3 is 20.7 Å². The largest absolute Gasteiger partial charge is 0.444 e. The average molecular weight is 595 g/mol. The van der Waals surface area contributed by atoms with Crippen molar-refractivity contribution in [1.82, 2.24) is 20.0 Å². The van der Waals surface area contributed by atoms with E-state index < -0.39 is 21.7 Å². The van der Waals surface area contributed by atoms with E-state index in [9.17, 15) is 13.2 Å². The van der Waals surface area contributed by atoms with Crippen LogP contribution in [-0.4, -0.2) is 56.3 Å². The maximum Gasteiger partial charge on any atom is 0.407 e. The molecule has 3 aromatic rings. The van der Waals surface area contributed by atoms with Crippen molar-refractivity contribution in [2.75, 3.05) is 36.8 Å². The molecule has 4 N–H and O–H groups in total. The number of fused-ring (bicyclic) bond motifs is 1. The van der Waals surface area contributed by atoms with Crippen LogP contribution in [0.2, 0.25) is 0 Å². The molecule has 11 heteroatoms. The van der Waals surface area contributed by atoms with Crippen LogP contribution in [0.1, 0.15) is 52.0 Å². The zero-order chi connectivity index (χ0) is 30.2. The summed E-state index contributed by atoms with van der Waals surface area (Å²) >= 11 is 0. The van der Waals surface area contributed by atoms with Crippen molar-refractivity contribution < 1.29 is 17.9 Å². The number of carbonyl (C=O) groups is 1. The molecule has 0 bridgehead atoms. The number of nitrogens with zero attached hydrogens (tertiary/aromatic N) is 2. The highest BCUT2D eigenvalue weighted by molar-refractivity contribution is 7.89. The number of aromatic nitrogens is 2. The number of carbonyl (C=O) groups excluding carboxylic acids is 1. The molecule has 0 atom stereocenters. The SMILES string of the molecule is C=Cc1ccccc1S(=O)(=O)NCC1CCC(CNc2nc(NCCNC(=O)OC(C)(C)C)c3ccccc3n2)CC1. The first-order valence-corrected chi connectivity index (χ1v) is 15.9. The highest BCUT2D eigenvalue weighted by Gasteiger charge is 2.24. The van der Waals surface area contributed by atoms with Crippen LogP contribution in [0.5, 0.6) is 0 Å². The molecule has 0 saturated heterocycles. The monoisotopic (exact) mass is 594 g/mol. The Kier molecular flexibility index (Phi) is 10.4. The number of rotatable bonds is 12. The normalized spacial score (nSPS) is 17.4. The maximum atomic E-state index is 12.8. The summed E-state index contributed by atoms with van der Waals surface area (Å²) in [4.78, 5) is 21.6. The molecule has 2 aromatic carbocycles. The van der Waals surface area contributed by atoms with Crippen molar-refractivity contribution >= 4 is 44.9 Å². The molecule has 0 unspecified atom stereocenters. The Morgan fingerprint density at radius 3 is 2.33 bits per heavy atom. The maximum absolute atomic E-state index is 12.8. The lowest BCUT2D eigenvalue weighted by molar-refractivity contribution is 0.0530. The minimum Gasteiger partial charge on any atom is -0.444 e. The van der Waals surface area contributed by atoms with Gasteiger partial charge in [0.2, 0.25) is 16.0 Å². The number of ether oxygens (including phenoxy) is 1. The van der Waals surface area contributed by atoms with Gasteiger partial charge in [0.15, 0.2) is 0 Å². The van der Waals surface area contributed by atoms with Crippen molar-refractivity contribution in [2.45, 2.75) is 57.0 Å². The van der Waals surface area contributed by atoms with E-state index in [2.05, 4.69) is 27.3 Å². The van der Waals surface area contributed by atoms with Gasteiger partial charge in [-0.1, -0.05) is 43.0 Å². The van der Waals surface area contributed by atoms with Crippen LogP contribution in [0, 0.1) is 11.8 Å². The van der Waals surface area contributed by atoms with Crippen LogP contribution in [-0.2, 0) is 14.8 Å². The van der Waals surface area contributed by atoms with Crippen LogP contribution in [0.15, 0.2) is 60.0 Å². The number of nitrogens with one attached hydrogen (secondary N) is 4. The molecule has 4 rings (SSSR count). The summed E-state index contributed by atoms with van der Waals surface area (Å²) in [5.74, 6) is 1.99. The van der Waals surface area contributed by atoms with Crippen LogP contribution in [0.4, 0.5) is 16.6 Å². The summed E-state index contributed by atoms with van der Waals surface area (Å²) in [6, 6.07) is 14.7. The highest BCUT2D eigenvalue weighted by atomic mass is 32.2. The summed E-state index contributed by atoms with van der Waals surface area (Å²) in [6.07, 6.45) is 5.01. The van der Waals surface area contributed by atoms with Gasteiger partial charge >= 0.3 is 6.09 Å². The summed E-state index contributed by atoms with van der Waals surface area (Å²) in [5.41, 5.74) is 0.883. The second-order valence-electron chi connectivity index (χ2n) is 11.6. The predicted octanol–water partition coefficient (Wildman–Crippen LogP) is 5.41. The topological polar surface area (TPSA) is 134 Å². The van der Waals surface area contributed by atoms with Gasteiger partial charge in [-0.25, -0.2) is 22.9 Å². The highest BCUT2D eigenvalue weighted by Crippen LogP contribution is 2.29. The third kappa shape index (κ3) is 8.90. The molecule has 1 fully saturated rings. The third-order valence-corrected chi connectivity index (χ3v) is 8.69. The van der Waals surface area contributed by atoms with Crippen LogP contribution in [0.25, 0.3) is 17.0 Å². The van der Waals surface area contributed by atoms with E-state index in [-0.39, 0.29) is 4.90 Å². The molecule has 1 heterocycles. The first kappa shape index (κ1) is 31.2. The van der Waals surface area contributed by atoms with Gasteiger partial charge in [-0.05, 0) is 82.1 Å². The second kappa shape index (κ2) is 14.0. The lowest BCUT2D eigenvalue weighted by atomic mass is 9.82. The van der Waals surface area contributed by atoms with Gasteiger partial charge in [-0.15, -0.1) is 0 Å². The molecule has 42 heavy (non-hydrogen) atoms. The third-order valence-electron chi connectivity index (χ3n) is 7.19. The number of amides is 1. The Labute approximate surface area is 248 Å². The van der Waals surface area contributed by atoms with Crippen molar-refractivity contribution in [2.24, 2.45) is 11.8 Å². The Balaban J connectivity index is 1.26. The molecule has 1 saturated carbocycles. The quantitative estimate of drug-likeness (QED) is 0.205. The fraction of sp³-hybridized carbons (Fsp3) is 0.452. The van der Waals surface area contributed by atoms with Gasteiger partial charge in [-0.2, -0.15) is 4.98 Å². The number of alkyl carbamates (subject to hydrolysis) is 1. The molecule has 1 aliphatic rings. The summed E-state index contributed by atoms with van der Waals surface area (Å²) in [6.45, 7) is 11.2. The fourth-order valence-corrected chi connectivity index (χ4v) is 6.35. The zero-order valence-electron chi connectivity index (χ0n) is 24.7. The van der Waals surface area contributed by atoms with Crippen molar-refractivity contribution in [1.29, 1.82) is 0 Å². The molecule has 10 nitrogen and oxygen atoms in total. The minimum absolute atomic E-state index is 0.265. The Morgan fingerprint density at radius 1 is 0.952 bits per heavy atom. The van der Waals surface area contributed by atoms with E-state index in [0.717, 1.165) is 43.1 Å². The molecule has 0 spiro atoms. The molecule has 226 valence electrons. The summed E-state index contributed by atoms with van der Waals surface area (Å²) < 4.78 is 33.8. The van der Waals surface area contributed by atoms with E-state index in [0.29, 0.717) is 48.8 Å². The fourth-order valence-electron chi connectivity index (χ4n) is 5.02. The minimum atomic E-state index is -3.59. The molecule has 0 aliphatic heterocycles. The molecule has 1 amide bonds. The number of benzene rings is 2. The number of sulfonamides is 1. The van der Waals surface area contributed by atoms with E-state index in [4.69, 9.17) is 14.7 Å². The summed E-state index contributed by atoms with van der Waals surface area (Å²) in [5, 5.41) is 10.4. The van der Waals surface area contributed by atoms with E-state index >= 15 is 0 Å². The van der Waals surface area contributed by atoms with Crippen molar-refractivity contribution in [3.63, 3.8) is 0 Å². The number of para-hydroxylation sites is 1. The first-order chi connectivity index (χ1) is 20.0. The molecule has 0 radical (unpaired) electrons. The Hall–Kier alpha value is -3.70. The van der Waals surface area contributed by atoms with E-state index in [1.807, 2.05) is 45.0 Å².